The minimum absolute atomic E-state index is 0.0137. The molecule has 2 N–H and O–H groups in total. The fourth-order valence-corrected chi connectivity index (χ4v) is 4.02. The summed E-state index contributed by atoms with van der Waals surface area (Å²) in [5, 5.41) is 12.0. The van der Waals surface area contributed by atoms with E-state index in [-0.39, 0.29) is 19.0 Å². The van der Waals surface area contributed by atoms with Crippen molar-refractivity contribution in [2.24, 2.45) is 0 Å². The van der Waals surface area contributed by atoms with Gasteiger partial charge in [-0.1, -0.05) is 24.3 Å². The molecule has 4 rings (SSSR count). The predicted molar refractivity (Wildman–Crippen MR) is 133 cm³/mol. The highest BCUT2D eigenvalue weighted by Crippen LogP contribution is 2.23. The van der Waals surface area contributed by atoms with Crippen molar-refractivity contribution in [3.63, 3.8) is 0 Å². The van der Waals surface area contributed by atoms with Gasteiger partial charge in [0.05, 0.1) is 25.5 Å². The lowest BCUT2D eigenvalue weighted by Gasteiger charge is -2.27. The van der Waals surface area contributed by atoms with Gasteiger partial charge in [-0.25, -0.2) is 9.78 Å². The van der Waals surface area contributed by atoms with Gasteiger partial charge < -0.3 is 29.2 Å². The molecule has 0 bridgehead atoms. The van der Waals surface area contributed by atoms with E-state index >= 15 is 0 Å². The first-order valence-corrected chi connectivity index (χ1v) is 12.1. The number of nitrogens with zero attached hydrogens (tertiary/aromatic N) is 2. The van der Waals surface area contributed by atoms with Crippen LogP contribution < -0.4 is 10.1 Å². The molecule has 3 aromatic rings. The predicted octanol–water partition coefficient (Wildman–Crippen LogP) is 3.83. The first-order chi connectivity index (χ1) is 17.5. The topological polar surface area (TPSA) is 114 Å². The van der Waals surface area contributed by atoms with Gasteiger partial charge in [0.1, 0.15) is 11.5 Å². The third kappa shape index (κ3) is 6.85. The van der Waals surface area contributed by atoms with Crippen molar-refractivity contribution >= 4 is 12.0 Å². The Hall–Kier alpha value is -3.85. The average Bonchev–Trinajstić information content (AvgIpc) is 3.27. The van der Waals surface area contributed by atoms with E-state index in [1.54, 1.807) is 4.90 Å². The Morgan fingerprint density at radius 2 is 1.86 bits per heavy atom. The Morgan fingerprint density at radius 3 is 2.61 bits per heavy atom. The van der Waals surface area contributed by atoms with Crippen LogP contribution >= 0.6 is 0 Å². The van der Waals surface area contributed by atoms with Crippen LogP contribution in [0.25, 0.3) is 11.5 Å². The van der Waals surface area contributed by atoms with Crippen LogP contribution in [0.15, 0.2) is 52.9 Å². The molecule has 0 spiro atoms. The lowest BCUT2D eigenvalue weighted by atomic mass is 10.0. The first-order valence-electron chi connectivity index (χ1n) is 12.1. The van der Waals surface area contributed by atoms with Crippen LogP contribution in [0, 0.1) is 6.92 Å². The van der Waals surface area contributed by atoms with Gasteiger partial charge in [-0.3, -0.25) is 4.79 Å². The third-order valence-electron chi connectivity index (χ3n) is 6.04. The van der Waals surface area contributed by atoms with Crippen LogP contribution in [-0.4, -0.2) is 59.9 Å². The molecule has 9 nitrogen and oxygen atoms in total. The second kappa shape index (κ2) is 12.2. The standard InChI is InChI=1S/C27H31N3O6/c1-19-24(29-26(36-19)21-5-3-2-4-6-21)11-14-35-23-9-7-20(8-10-25(31)32)22(17-23)18-28-27(33)30-12-15-34-16-13-30/h2-7,9,17H,8,10-16,18H2,1H3,(H,28,33)(H,31,32). The number of urea groups is 1. The molecule has 1 saturated heterocycles. The molecule has 1 fully saturated rings. The monoisotopic (exact) mass is 493 g/mol. The van der Waals surface area contributed by atoms with E-state index in [1.165, 1.54) is 0 Å². The summed E-state index contributed by atoms with van der Waals surface area (Å²) in [7, 11) is 0. The fraction of sp³-hybridized carbons (Fsp3) is 0.370. The lowest BCUT2D eigenvalue weighted by molar-refractivity contribution is -0.136. The SMILES string of the molecule is Cc1oc(-c2ccccc2)nc1CCOc1ccc(CCC(=O)O)c(CNC(=O)N2CCOCC2)c1. The van der Waals surface area contributed by atoms with Crippen molar-refractivity contribution in [2.75, 3.05) is 32.9 Å². The van der Waals surface area contributed by atoms with Crippen molar-refractivity contribution in [3.05, 3.63) is 71.1 Å². The Balaban J connectivity index is 1.38. The van der Waals surface area contributed by atoms with E-state index in [0.29, 0.717) is 57.4 Å². The summed E-state index contributed by atoms with van der Waals surface area (Å²) < 4.78 is 17.1. The quantitative estimate of drug-likeness (QED) is 0.441. The van der Waals surface area contributed by atoms with Crippen molar-refractivity contribution in [1.29, 1.82) is 0 Å². The summed E-state index contributed by atoms with van der Waals surface area (Å²) in [6.07, 6.45) is 0.963. The Kier molecular flexibility index (Phi) is 8.57. The molecule has 190 valence electrons. The molecule has 1 aromatic heterocycles. The Labute approximate surface area is 210 Å². The molecule has 0 radical (unpaired) electrons. The molecule has 2 amide bonds. The summed E-state index contributed by atoms with van der Waals surface area (Å²) in [5.74, 6) is 1.13. The van der Waals surface area contributed by atoms with Crippen molar-refractivity contribution in [2.45, 2.75) is 32.7 Å². The highest BCUT2D eigenvalue weighted by atomic mass is 16.5. The number of hydrogen-bond acceptors (Lipinski definition) is 6. The molecular weight excluding hydrogens is 462 g/mol. The summed E-state index contributed by atoms with van der Waals surface area (Å²) in [4.78, 5) is 29.9. The number of oxazole rings is 1. The summed E-state index contributed by atoms with van der Waals surface area (Å²) in [6.45, 7) is 4.72. The van der Waals surface area contributed by atoms with Crippen molar-refractivity contribution in [1.82, 2.24) is 15.2 Å². The second-order valence-corrected chi connectivity index (χ2v) is 8.57. The highest BCUT2D eigenvalue weighted by Gasteiger charge is 2.17. The molecule has 1 aliphatic heterocycles. The maximum absolute atomic E-state index is 12.5. The summed E-state index contributed by atoms with van der Waals surface area (Å²) in [5.41, 5.74) is 3.46. The van der Waals surface area contributed by atoms with Crippen LogP contribution in [0.4, 0.5) is 4.79 Å². The van der Waals surface area contributed by atoms with E-state index < -0.39 is 5.97 Å². The number of rotatable bonds is 10. The molecule has 0 unspecified atom stereocenters. The van der Waals surface area contributed by atoms with Crippen molar-refractivity contribution in [3.8, 4) is 17.2 Å². The number of carbonyl (C=O) groups excluding carboxylic acids is 1. The number of ether oxygens (including phenoxy) is 2. The van der Waals surface area contributed by atoms with Gasteiger partial charge in [-0.15, -0.1) is 0 Å². The van der Waals surface area contributed by atoms with E-state index in [4.69, 9.17) is 19.0 Å². The minimum atomic E-state index is -0.864. The zero-order valence-corrected chi connectivity index (χ0v) is 20.4. The van der Waals surface area contributed by atoms with Crippen LogP contribution in [-0.2, 0) is 28.9 Å². The van der Waals surface area contributed by atoms with Gasteiger partial charge in [0, 0.05) is 38.0 Å². The fourth-order valence-electron chi connectivity index (χ4n) is 4.02. The number of aryl methyl sites for hydroxylation is 2. The maximum Gasteiger partial charge on any atom is 0.317 e. The van der Waals surface area contributed by atoms with E-state index in [9.17, 15) is 9.59 Å². The molecular formula is C27H31N3O6. The largest absolute Gasteiger partial charge is 0.493 e. The van der Waals surface area contributed by atoms with Gasteiger partial charge in [-0.05, 0) is 48.7 Å². The maximum atomic E-state index is 12.5. The molecule has 0 saturated carbocycles. The number of hydrogen-bond donors (Lipinski definition) is 2. The van der Waals surface area contributed by atoms with Crippen LogP contribution in [0.5, 0.6) is 5.75 Å². The number of amides is 2. The molecule has 0 aliphatic carbocycles. The molecule has 9 heteroatoms. The zero-order chi connectivity index (χ0) is 25.3. The number of aromatic nitrogens is 1. The van der Waals surface area contributed by atoms with Crippen LogP contribution in [0.3, 0.4) is 0 Å². The Bertz CT molecular complexity index is 1170. The van der Waals surface area contributed by atoms with Gasteiger partial charge in [0.2, 0.25) is 5.89 Å². The highest BCUT2D eigenvalue weighted by molar-refractivity contribution is 5.74. The normalized spacial score (nSPS) is 13.4. The first kappa shape index (κ1) is 25.2. The number of aliphatic carboxylic acids is 1. The van der Waals surface area contributed by atoms with Crippen LogP contribution in [0.1, 0.15) is 29.0 Å². The van der Waals surface area contributed by atoms with Gasteiger partial charge in [-0.2, -0.15) is 0 Å². The Morgan fingerprint density at radius 1 is 1.08 bits per heavy atom. The number of morpholine rings is 1. The van der Waals surface area contributed by atoms with Crippen LogP contribution in [0.2, 0.25) is 0 Å². The number of benzene rings is 2. The number of nitrogens with one attached hydrogen (secondary N) is 1. The smallest absolute Gasteiger partial charge is 0.317 e. The van der Waals surface area contributed by atoms with Gasteiger partial charge in [0.15, 0.2) is 0 Å². The summed E-state index contributed by atoms with van der Waals surface area (Å²) >= 11 is 0. The van der Waals surface area contributed by atoms with E-state index in [1.807, 2.05) is 55.5 Å². The average molecular weight is 494 g/mol. The van der Waals surface area contributed by atoms with E-state index in [2.05, 4.69) is 10.3 Å². The molecule has 2 heterocycles. The molecule has 2 aromatic carbocycles. The number of carboxylic acid groups (broad SMARTS) is 1. The summed E-state index contributed by atoms with van der Waals surface area (Å²) in [6, 6.07) is 15.1. The van der Waals surface area contributed by atoms with Gasteiger partial charge in [0.25, 0.3) is 0 Å². The number of carbonyl (C=O) groups is 2. The van der Waals surface area contributed by atoms with E-state index in [0.717, 1.165) is 28.1 Å². The molecule has 0 atom stereocenters. The van der Waals surface area contributed by atoms with Crippen molar-refractivity contribution < 1.29 is 28.6 Å². The molecule has 36 heavy (non-hydrogen) atoms. The molecule has 1 aliphatic rings. The second-order valence-electron chi connectivity index (χ2n) is 8.57. The zero-order valence-electron chi connectivity index (χ0n) is 20.4. The van der Waals surface area contributed by atoms with Gasteiger partial charge >= 0.3 is 12.0 Å². The lowest BCUT2D eigenvalue weighted by Crippen LogP contribution is -2.46. The number of carboxylic acids is 1. The third-order valence-corrected chi connectivity index (χ3v) is 6.04. The minimum Gasteiger partial charge on any atom is -0.493 e.